The molecule has 2 aromatic rings. The van der Waals surface area contributed by atoms with Crippen LogP contribution in [-0.4, -0.2) is 31.7 Å². The summed E-state index contributed by atoms with van der Waals surface area (Å²) in [5, 5.41) is 2.77. The Morgan fingerprint density at radius 3 is 2.44 bits per heavy atom. The standard InChI is InChI=1S/C24H20N3O4S/c1-31-22-12-10-19(11-13-22)26-32(29,30)23-9-5-7-20(17-23)25-24(28)18-6-4-8-21(16-18)27-14-2-3-15-27/h2-17,26H,1H3/p+1. The van der Waals surface area contributed by atoms with Crippen molar-refractivity contribution < 1.29 is 22.5 Å². The molecule has 4 rings (SSSR count). The molecule has 161 valence electrons. The Labute approximate surface area is 186 Å². The summed E-state index contributed by atoms with van der Waals surface area (Å²) in [5.41, 5.74) is 2.09. The van der Waals surface area contributed by atoms with Crippen LogP contribution in [0.15, 0.2) is 102 Å². The molecule has 1 aliphatic carbocycles. The van der Waals surface area contributed by atoms with Crippen LogP contribution in [-0.2, 0) is 14.8 Å². The first kappa shape index (κ1) is 21.3. The van der Waals surface area contributed by atoms with Crippen molar-refractivity contribution in [1.82, 2.24) is 0 Å². The van der Waals surface area contributed by atoms with Crippen LogP contribution in [0.4, 0.5) is 11.4 Å². The summed E-state index contributed by atoms with van der Waals surface area (Å²) in [7, 11) is -2.30. The summed E-state index contributed by atoms with van der Waals surface area (Å²) >= 11 is 0. The van der Waals surface area contributed by atoms with Gasteiger partial charge in [0.15, 0.2) is 12.4 Å². The SMILES string of the molecule is COc1ccc(NS(=O)(=O)c2cccc(NC(=O)C3=CC(=[N+]4C=CC=C4)C=C[CH]3)c2)cc1. The Bertz CT molecular complexity index is 1290. The maximum absolute atomic E-state index is 12.8. The van der Waals surface area contributed by atoms with Crippen LogP contribution in [0.1, 0.15) is 0 Å². The fraction of sp³-hybridized carbons (Fsp3) is 0.0417. The van der Waals surface area contributed by atoms with E-state index >= 15 is 0 Å². The van der Waals surface area contributed by atoms with Crippen molar-refractivity contribution >= 4 is 33.0 Å². The smallest absolute Gasteiger partial charge is 0.261 e. The maximum Gasteiger partial charge on any atom is 0.261 e. The van der Waals surface area contributed by atoms with E-state index in [1.54, 1.807) is 55.0 Å². The number of amides is 1. The van der Waals surface area contributed by atoms with Gasteiger partial charge in [-0.2, -0.15) is 4.58 Å². The Balaban J connectivity index is 1.50. The van der Waals surface area contributed by atoms with Gasteiger partial charge in [-0.1, -0.05) is 12.1 Å². The number of hydrogen-bond acceptors (Lipinski definition) is 4. The van der Waals surface area contributed by atoms with Crippen LogP contribution < -0.4 is 14.8 Å². The molecule has 0 atom stereocenters. The lowest BCUT2D eigenvalue weighted by Crippen LogP contribution is -2.19. The van der Waals surface area contributed by atoms with E-state index in [2.05, 4.69) is 10.0 Å². The molecular formula is C24H21N3O4S+. The van der Waals surface area contributed by atoms with E-state index in [9.17, 15) is 13.2 Å². The third-order valence-corrected chi connectivity index (χ3v) is 6.13. The molecule has 0 fully saturated rings. The van der Waals surface area contributed by atoms with Crippen molar-refractivity contribution in [3.05, 3.63) is 103 Å². The number of methoxy groups -OCH3 is 1. The highest BCUT2D eigenvalue weighted by molar-refractivity contribution is 7.92. The highest BCUT2D eigenvalue weighted by Gasteiger charge is 2.19. The van der Waals surface area contributed by atoms with Crippen LogP contribution in [0.5, 0.6) is 5.75 Å². The Morgan fingerprint density at radius 2 is 1.72 bits per heavy atom. The van der Waals surface area contributed by atoms with Crippen molar-refractivity contribution in [2.75, 3.05) is 17.1 Å². The van der Waals surface area contributed by atoms with Gasteiger partial charge in [-0.05, 0) is 42.5 Å². The maximum atomic E-state index is 12.8. The number of allylic oxidation sites excluding steroid dienone is 5. The molecule has 0 saturated carbocycles. The van der Waals surface area contributed by atoms with Gasteiger partial charge >= 0.3 is 0 Å². The first-order chi connectivity index (χ1) is 15.4. The molecule has 8 heteroatoms. The summed E-state index contributed by atoms with van der Waals surface area (Å²) in [6.45, 7) is 0. The topological polar surface area (TPSA) is 87.5 Å². The number of benzene rings is 2. The minimum Gasteiger partial charge on any atom is -0.497 e. The van der Waals surface area contributed by atoms with Crippen LogP contribution in [0.2, 0.25) is 0 Å². The van der Waals surface area contributed by atoms with Gasteiger partial charge in [0.1, 0.15) is 5.75 Å². The van der Waals surface area contributed by atoms with E-state index < -0.39 is 10.0 Å². The highest BCUT2D eigenvalue weighted by Crippen LogP contribution is 2.22. The second-order valence-electron chi connectivity index (χ2n) is 6.96. The number of carbonyl (C=O) groups is 1. The number of nitrogens with one attached hydrogen (secondary N) is 2. The van der Waals surface area contributed by atoms with Gasteiger partial charge in [-0.25, -0.2) is 8.42 Å². The second-order valence-corrected chi connectivity index (χ2v) is 8.64. The molecule has 32 heavy (non-hydrogen) atoms. The van der Waals surface area contributed by atoms with Gasteiger partial charge in [0.2, 0.25) is 5.71 Å². The fourth-order valence-electron chi connectivity index (χ4n) is 3.13. The zero-order valence-corrected chi connectivity index (χ0v) is 18.0. The van der Waals surface area contributed by atoms with Crippen LogP contribution in [0.3, 0.4) is 0 Å². The van der Waals surface area contributed by atoms with Crippen LogP contribution in [0.25, 0.3) is 0 Å². The Morgan fingerprint density at radius 1 is 0.969 bits per heavy atom. The largest absolute Gasteiger partial charge is 0.497 e. The molecule has 0 spiro atoms. The summed E-state index contributed by atoms with van der Waals surface area (Å²) in [6.07, 6.45) is 14.7. The molecule has 1 radical (unpaired) electrons. The summed E-state index contributed by atoms with van der Waals surface area (Å²) in [4.78, 5) is 12.8. The normalized spacial score (nSPS) is 15.0. The molecule has 7 nitrogen and oxygen atoms in total. The molecule has 2 N–H and O–H groups in total. The number of ether oxygens (including phenoxy) is 1. The predicted molar refractivity (Wildman–Crippen MR) is 124 cm³/mol. The predicted octanol–water partition coefficient (Wildman–Crippen LogP) is 3.63. The minimum atomic E-state index is -3.84. The molecule has 0 unspecified atom stereocenters. The van der Waals surface area contributed by atoms with Gasteiger partial charge in [-0.15, -0.1) is 0 Å². The third-order valence-electron chi connectivity index (χ3n) is 4.76. The van der Waals surface area contributed by atoms with E-state index in [0.717, 1.165) is 5.71 Å². The van der Waals surface area contributed by atoms with E-state index in [-0.39, 0.29) is 10.8 Å². The Hall–Kier alpha value is -3.91. The molecular weight excluding hydrogens is 426 g/mol. The zero-order valence-electron chi connectivity index (χ0n) is 17.2. The van der Waals surface area contributed by atoms with Crippen LogP contribution >= 0.6 is 0 Å². The van der Waals surface area contributed by atoms with Crippen molar-refractivity contribution in [2.45, 2.75) is 4.90 Å². The third kappa shape index (κ3) is 4.87. The molecule has 2 aromatic carbocycles. The number of carbonyl (C=O) groups excluding carboxylic acids is 1. The average molecular weight is 448 g/mol. The molecule has 1 amide bonds. The van der Waals surface area contributed by atoms with E-state index in [1.807, 2.05) is 35.2 Å². The number of anilines is 2. The van der Waals surface area contributed by atoms with Gasteiger partial charge < -0.3 is 10.1 Å². The molecule has 1 heterocycles. The fourth-order valence-corrected chi connectivity index (χ4v) is 4.24. The second kappa shape index (κ2) is 9.07. The lowest BCUT2D eigenvalue weighted by Gasteiger charge is -2.12. The molecule has 0 aromatic heterocycles. The average Bonchev–Trinajstić information content (AvgIpc) is 3.35. The quantitative estimate of drug-likeness (QED) is 0.662. The molecule has 0 saturated heterocycles. The van der Waals surface area contributed by atoms with E-state index in [0.29, 0.717) is 22.7 Å². The molecule has 1 aliphatic heterocycles. The van der Waals surface area contributed by atoms with Crippen molar-refractivity contribution in [3.8, 4) is 5.75 Å². The van der Waals surface area contributed by atoms with Crippen molar-refractivity contribution in [1.29, 1.82) is 0 Å². The van der Waals surface area contributed by atoms with E-state index in [4.69, 9.17) is 4.74 Å². The zero-order chi connectivity index (χ0) is 22.6. The van der Waals surface area contributed by atoms with E-state index in [1.165, 1.54) is 19.2 Å². The van der Waals surface area contributed by atoms with Gasteiger partial charge in [0, 0.05) is 47.7 Å². The van der Waals surface area contributed by atoms with Crippen LogP contribution in [0, 0.1) is 6.42 Å². The lowest BCUT2D eigenvalue weighted by atomic mass is 10.0. The summed E-state index contributed by atoms with van der Waals surface area (Å²) in [5.74, 6) is 0.287. The summed E-state index contributed by atoms with van der Waals surface area (Å²) in [6, 6.07) is 12.6. The number of sulfonamides is 1. The lowest BCUT2D eigenvalue weighted by molar-refractivity contribution is -0.371. The molecule has 0 bridgehead atoms. The molecule has 2 aliphatic rings. The van der Waals surface area contributed by atoms with Crippen molar-refractivity contribution in [2.24, 2.45) is 0 Å². The highest BCUT2D eigenvalue weighted by atomic mass is 32.2. The minimum absolute atomic E-state index is 0.0345. The number of hydrogen-bond donors (Lipinski definition) is 2. The number of nitrogens with zero attached hydrogens (tertiary/aromatic N) is 1. The summed E-state index contributed by atoms with van der Waals surface area (Å²) < 4.78 is 35.1. The number of rotatable bonds is 6. The van der Waals surface area contributed by atoms with Crippen molar-refractivity contribution in [3.63, 3.8) is 0 Å². The van der Waals surface area contributed by atoms with Gasteiger partial charge in [0.25, 0.3) is 15.9 Å². The Kier molecular flexibility index (Phi) is 6.04. The monoisotopic (exact) mass is 447 g/mol. The van der Waals surface area contributed by atoms with Gasteiger partial charge in [-0.3, -0.25) is 9.52 Å². The van der Waals surface area contributed by atoms with Gasteiger partial charge in [0.05, 0.1) is 12.0 Å². The first-order valence-electron chi connectivity index (χ1n) is 9.76. The first-order valence-corrected chi connectivity index (χ1v) is 11.2.